The molecular formula is C19H16F3N3O4. The molecule has 29 heavy (non-hydrogen) atoms. The van der Waals surface area contributed by atoms with E-state index in [0.29, 0.717) is 15.6 Å². The molecule has 1 aromatic heterocycles. The highest BCUT2D eigenvalue weighted by atomic mass is 19.4. The molecule has 2 N–H and O–H groups in total. The lowest BCUT2D eigenvalue weighted by Gasteiger charge is -2.15. The molecular weight excluding hydrogens is 391 g/mol. The Kier molecular flexibility index (Phi) is 5.55. The number of hydrogen-bond acceptors (Lipinski definition) is 4. The van der Waals surface area contributed by atoms with E-state index in [4.69, 9.17) is 5.21 Å². The predicted octanol–water partition coefficient (Wildman–Crippen LogP) is 2.28. The Labute approximate surface area is 161 Å². The minimum absolute atomic E-state index is 0.0212. The highest BCUT2D eigenvalue weighted by molar-refractivity contribution is 5.93. The summed E-state index contributed by atoms with van der Waals surface area (Å²) in [5.41, 5.74) is 0.926. The smallest absolute Gasteiger partial charge is 0.289 e. The Balaban J connectivity index is 2.08. The van der Waals surface area contributed by atoms with E-state index in [2.05, 4.69) is 0 Å². The third-order valence-electron chi connectivity index (χ3n) is 4.41. The van der Waals surface area contributed by atoms with Crippen LogP contribution in [0.4, 0.5) is 13.2 Å². The molecule has 152 valence electrons. The van der Waals surface area contributed by atoms with E-state index in [1.165, 1.54) is 40.4 Å². The molecule has 0 radical (unpaired) electrons. The van der Waals surface area contributed by atoms with Crippen LogP contribution in [0.1, 0.15) is 22.3 Å². The van der Waals surface area contributed by atoms with E-state index < -0.39 is 36.3 Å². The molecule has 0 unspecified atom stereocenters. The molecule has 2 aromatic carbocycles. The summed E-state index contributed by atoms with van der Waals surface area (Å²) in [5, 5.41) is 8.78. The second-order valence-electron chi connectivity index (χ2n) is 6.35. The van der Waals surface area contributed by atoms with Gasteiger partial charge in [-0.2, -0.15) is 13.2 Å². The maximum Gasteiger partial charge on any atom is 0.390 e. The van der Waals surface area contributed by atoms with E-state index in [9.17, 15) is 27.6 Å². The van der Waals surface area contributed by atoms with Crippen LogP contribution in [0, 0.1) is 0 Å². The number of nitrogens with one attached hydrogen (secondary N) is 1. The van der Waals surface area contributed by atoms with Crippen molar-refractivity contribution in [3.8, 4) is 0 Å². The molecule has 3 rings (SSSR count). The molecule has 0 spiro atoms. The Hall–Kier alpha value is -3.40. The Bertz CT molecular complexity index is 1160. The molecule has 0 saturated carbocycles. The summed E-state index contributed by atoms with van der Waals surface area (Å²) in [7, 11) is 0. The maximum absolute atomic E-state index is 12.8. The van der Waals surface area contributed by atoms with Crippen LogP contribution in [0.3, 0.4) is 0 Å². The largest absolute Gasteiger partial charge is 0.390 e. The van der Waals surface area contributed by atoms with Gasteiger partial charge in [0.25, 0.3) is 11.5 Å². The van der Waals surface area contributed by atoms with Crippen molar-refractivity contribution in [3.05, 3.63) is 80.5 Å². The highest BCUT2D eigenvalue weighted by Crippen LogP contribution is 2.20. The van der Waals surface area contributed by atoms with Gasteiger partial charge in [-0.15, -0.1) is 0 Å². The number of fused-ring (bicyclic) bond motifs is 1. The van der Waals surface area contributed by atoms with Crippen LogP contribution in [0.25, 0.3) is 10.9 Å². The summed E-state index contributed by atoms with van der Waals surface area (Å²) >= 11 is 0. The van der Waals surface area contributed by atoms with Gasteiger partial charge in [-0.05, 0) is 29.8 Å². The third-order valence-corrected chi connectivity index (χ3v) is 4.41. The fourth-order valence-corrected chi connectivity index (χ4v) is 2.97. The number of hydrogen-bond donors (Lipinski definition) is 2. The molecule has 0 aliphatic rings. The molecule has 3 aromatic rings. The lowest BCUT2D eigenvalue weighted by molar-refractivity contribution is -0.137. The summed E-state index contributed by atoms with van der Waals surface area (Å²) in [6, 6.07) is 12.1. The van der Waals surface area contributed by atoms with Crippen molar-refractivity contribution in [2.75, 3.05) is 0 Å². The third kappa shape index (κ3) is 4.37. The van der Waals surface area contributed by atoms with E-state index in [0.717, 1.165) is 0 Å². The van der Waals surface area contributed by atoms with Gasteiger partial charge in [0.05, 0.1) is 23.9 Å². The van der Waals surface area contributed by atoms with Crippen LogP contribution in [-0.2, 0) is 13.1 Å². The zero-order valence-corrected chi connectivity index (χ0v) is 14.9. The van der Waals surface area contributed by atoms with Gasteiger partial charge in [-0.1, -0.05) is 24.3 Å². The van der Waals surface area contributed by atoms with E-state index in [1.807, 2.05) is 0 Å². The van der Waals surface area contributed by atoms with E-state index in [-0.39, 0.29) is 17.5 Å². The van der Waals surface area contributed by atoms with Gasteiger partial charge in [0, 0.05) is 12.1 Å². The number of alkyl halides is 3. The number of aromatic nitrogens is 2. The Morgan fingerprint density at radius 1 is 1.00 bits per heavy atom. The second-order valence-corrected chi connectivity index (χ2v) is 6.35. The monoisotopic (exact) mass is 407 g/mol. The van der Waals surface area contributed by atoms with Gasteiger partial charge < -0.3 is 0 Å². The van der Waals surface area contributed by atoms with Crippen molar-refractivity contribution < 1.29 is 23.2 Å². The molecule has 0 aliphatic carbocycles. The number of benzene rings is 2. The van der Waals surface area contributed by atoms with E-state index >= 15 is 0 Å². The highest BCUT2D eigenvalue weighted by Gasteiger charge is 2.28. The molecule has 0 bridgehead atoms. The van der Waals surface area contributed by atoms with Crippen LogP contribution >= 0.6 is 0 Å². The van der Waals surface area contributed by atoms with E-state index in [1.54, 1.807) is 18.2 Å². The lowest BCUT2D eigenvalue weighted by atomic mass is 10.1. The standard InChI is InChI=1S/C19H16F3N3O4/c20-19(21,22)9-10-24-17(27)14-3-1-2-4-15(14)25(18(24)28)11-12-5-7-13(8-6-12)16(26)23-29/h1-8,29H,9-11H2,(H,23,26). The summed E-state index contributed by atoms with van der Waals surface area (Å²) in [5.74, 6) is -0.708. The van der Waals surface area contributed by atoms with Gasteiger partial charge in [0.2, 0.25) is 0 Å². The van der Waals surface area contributed by atoms with Crippen molar-refractivity contribution in [2.45, 2.75) is 25.7 Å². The van der Waals surface area contributed by atoms with Gasteiger partial charge >= 0.3 is 11.9 Å². The molecule has 1 heterocycles. The average molecular weight is 407 g/mol. The fourth-order valence-electron chi connectivity index (χ4n) is 2.97. The fraction of sp³-hybridized carbons (Fsp3) is 0.211. The molecule has 1 amide bonds. The number of nitrogens with zero attached hydrogens (tertiary/aromatic N) is 2. The van der Waals surface area contributed by atoms with Crippen molar-refractivity contribution in [1.82, 2.24) is 14.6 Å². The van der Waals surface area contributed by atoms with Crippen molar-refractivity contribution in [2.24, 2.45) is 0 Å². The lowest BCUT2D eigenvalue weighted by Crippen LogP contribution is -2.41. The van der Waals surface area contributed by atoms with Crippen LogP contribution in [0.15, 0.2) is 58.1 Å². The summed E-state index contributed by atoms with van der Waals surface area (Å²) in [6.45, 7) is -0.797. The average Bonchev–Trinajstić information content (AvgIpc) is 2.70. The summed E-state index contributed by atoms with van der Waals surface area (Å²) in [4.78, 5) is 36.7. The van der Waals surface area contributed by atoms with Crippen LogP contribution in [-0.4, -0.2) is 26.4 Å². The zero-order valence-electron chi connectivity index (χ0n) is 14.9. The minimum atomic E-state index is -4.51. The van der Waals surface area contributed by atoms with Gasteiger partial charge in [-0.3, -0.25) is 23.9 Å². The quantitative estimate of drug-likeness (QED) is 0.501. The van der Waals surface area contributed by atoms with Crippen LogP contribution in [0.2, 0.25) is 0 Å². The molecule has 0 aliphatic heterocycles. The minimum Gasteiger partial charge on any atom is -0.289 e. The predicted molar refractivity (Wildman–Crippen MR) is 97.9 cm³/mol. The number of para-hydroxylation sites is 1. The molecule has 0 saturated heterocycles. The number of carbonyl (C=O) groups is 1. The van der Waals surface area contributed by atoms with Crippen LogP contribution < -0.4 is 16.7 Å². The number of amides is 1. The number of carbonyl (C=O) groups excluding carboxylic acids is 1. The normalized spacial score (nSPS) is 11.6. The number of halogens is 3. The first-order valence-electron chi connectivity index (χ1n) is 8.54. The van der Waals surface area contributed by atoms with Crippen molar-refractivity contribution >= 4 is 16.8 Å². The first kappa shape index (κ1) is 20.3. The summed E-state index contributed by atoms with van der Waals surface area (Å²) in [6.07, 6.45) is -5.81. The van der Waals surface area contributed by atoms with Gasteiger partial charge in [-0.25, -0.2) is 10.3 Å². The second kappa shape index (κ2) is 7.92. The maximum atomic E-state index is 12.8. The molecule has 0 atom stereocenters. The Morgan fingerprint density at radius 2 is 1.66 bits per heavy atom. The molecule has 10 heteroatoms. The Morgan fingerprint density at radius 3 is 2.28 bits per heavy atom. The van der Waals surface area contributed by atoms with Gasteiger partial charge in [0.15, 0.2) is 0 Å². The van der Waals surface area contributed by atoms with Gasteiger partial charge in [0.1, 0.15) is 0 Å². The molecule has 0 fully saturated rings. The van der Waals surface area contributed by atoms with Crippen LogP contribution in [0.5, 0.6) is 0 Å². The zero-order chi connectivity index (χ0) is 21.2. The summed E-state index contributed by atoms with van der Waals surface area (Å²) < 4.78 is 39.7. The van der Waals surface area contributed by atoms with Crippen molar-refractivity contribution in [3.63, 3.8) is 0 Å². The number of hydroxylamine groups is 1. The number of rotatable bonds is 5. The SMILES string of the molecule is O=C(NO)c1ccc(Cn2c(=O)n(CCC(F)(F)F)c(=O)c3ccccc32)cc1. The topological polar surface area (TPSA) is 93.3 Å². The van der Waals surface area contributed by atoms with Crippen molar-refractivity contribution in [1.29, 1.82) is 0 Å². The first-order chi connectivity index (χ1) is 13.7. The first-order valence-corrected chi connectivity index (χ1v) is 8.54. The molecule has 7 nitrogen and oxygen atoms in total.